The molecule has 3 fully saturated rings. The van der Waals surface area contributed by atoms with E-state index >= 15 is 0 Å². The quantitative estimate of drug-likeness (QED) is 0.568. The first-order valence-electron chi connectivity index (χ1n) is 5.00. The topological polar surface area (TPSA) is 52.6 Å². The minimum Gasteiger partial charge on any atom is -0.469 e. The Morgan fingerprint density at radius 3 is 3.00 bits per heavy atom. The first kappa shape index (κ1) is 8.26. The van der Waals surface area contributed by atoms with Crippen LogP contribution in [0, 0.1) is 23.7 Å². The van der Waals surface area contributed by atoms with Crippen LogP contribution in [0.25, 0.3) is 0 Å². The van der Waals surface area contributed by atoms with Crippen LogP contribution in [0.15, 0.2) is 0 Å². The van der Waals surface area contributed by atoms with Crippen LogP contribution in [0.3, 0.4) is 0 Å². The van der Waals surface area contributed by atoms with E-state index < -0.39 is 0 Å². The van der Waals surface area contributed by atoms with Crippen LogP contribution in [-0.2, 0) is 19.1 Å². The van der Waals surface area contributed by atoms with Gasteiger partial charge in [-0.25, -0.2) is 0 Å². The van der Waals surface area contributed by atoms with Crippen LogP contribution >= 0.6 is 0 Å². The highest BCUT2D eigenvalue weighted by Crippen LogP contribution is 2.57. The van der Waals surface area contributed by atoms with Crippen molar-refractivity contribution in [1.82, 2.24) is 0 Å². The molecule has 4 nitrogen and oxygen atoms in total. The second-order valence-electron chi connectivity index (χ2n) is 4.45. The number of carbonyl (C=O) groups excluding carboxylic acids is 2. The molecule has 0 radical (unpaired) electrons. The molecule has 0 unspecified atom stereocenters. The van der Waals surface area contributed by atoms with Crippen molar-refractivity contribution >= 4 is 11.9 Å². The molecule has 4 heteroatoms. The molecule has 0 amide bonds. The summed E-state index contributed by atoms with van der Waals surface area (Å²) in [5.41, 5.74) is 0. The summed E-state index contributed by atoms with van der Waals surface area (Å²) in [6.45, 7) is 0. The van der Waals surface area contributed by atoms with Crippen LogP contribution in [0.2, 0.25) is 0 Å². The minimum absolute atomic E-state index is 0.0957. The smallest absolute Gasteiger partial charge is 0.310 e. The molecular formula is C10H12O4. The van der Waals surface area contributed by atoms with E-state index in [1.165, 1.54) is 7.11 Å². The Hall–Kier alpha value is -1.06. The normalized spacial score (nSPS) is 48.1. The lowest BCUT2D eigenvalue weighted by Gasteiger charge is -2.21. The van der Waals surface area contributed by atoms with E-state index in [1.54, 1.807) is 0 Å². The van der Waals surface area contributed by atoms with Gasteiger partial charge in [0, 0.05) is 5.92 Å². The summed E-state index contributed by atoms with van der Waals surface area (Å²) in [7, 11) is 1.38. The summed E-state index contributed by atoms with van der Waals surface area (Å²) in [6.07, 6.45) is 1.91. The minimum atomic E-state index is -0.236. The van der Waals surface area contributed by atoms with E-state index in [0.29, 0.717) is 5.92 Å². The number of ether oxygens (including phenoxy) is 2. The van der Waals surface area contributed by atoms with E-state index in [9.17, 15) is 9.59 Å². The number of carbonyl (C=O) groups is 2. The highest BCUT2D eigenvalue weighted by atomic mass is 16.6. The van der Waals surface area contributed by atoms with Crippen molar-refractivity contribution in [3.05, 3.63) is 0 Å². The fourth-order valence-electron chi connectivity index (χ4n) is 3.46. The SMILES string of the molecule is COC(=O)[C@@H]1[C@@H]2C[C@@H]3[C@@H]1C(=O)O[C@H]3C2. The predicted octanol–water partition coefficient (Wildman–Crippen LogP) is 0.357. The van der Waals surface area contributed by atoms with Crippen molar-refractivity contribution in [2.24, 2.45) is 23.7 Å². The van der Waals surface area contributed by atoms with Crippen molar-refractivity contribution in [1.29, 1.82) is 0 Å². The number of esters is 2. The maximum atomic E-state index is 11.5. The van der Waals surface area contributed by atoms with Crippen molar-refractivity contribution in [3.63, 3.8) is 0 Å². The van der Waals surface area contributed by atoms with Crippen LogP contribution < -0.4 is 0 Å². The average molecular weight is 196 g/mol. The summed E-state index contributed by atoms with van der Waals surface area (Å²) < 4.78 is 9.96. The van der Waals surface area contributed by atoms with E-state index in [4.69, 9.17) is 9.47 Å². The van der Waals surface area contributed by atoms with Gasteiger partial charge >= 0.3 is 11.9 Å². The van der Waals surface area contributed by atoms with Crippen LogP contribution in [-0.4, -0.2) is 25.2 Å². The maximum Gasteiger partial charge on any atom is 0.310 e. The van der Waals surface area contributed by atoms with Gasteiger partial charge in [0.15, 0.2) is 0 Å². The highest BCUT2D eigenvalue weighted by molar-refractivity contribution is 5.85. The Morgan fingerprint density at radius 2 is 2.29 bits per heavy atom. The van der Waals surface area contributed by atoms with Gasteiger partial charge in [-0.2, -0.15) is 0 Å². The third-order valence-electron chi connectivity index (χ3n) is 3.96. The van der Waals surface area contributed by atoms with Gasteiger partial charge in [0.25, 0.3) is 0 Å². The van der Waals surface area contributed by atoms with E-state index in [1.807, 2.05) is 0 Å². The van der Waals surface area contributed by atoms with Gasteiger partial charge < -0.3 is 9.47 Å². The molecule has 0 aromatic rings. The van der Waals surface area contributed by atoms with Crippen LogP contribution in [0.5, 0.6) is 0 Å². The summed E-state index contributed by atoms with van der Waals surface area (Å²) in [6, 6.07) is 0. The summed E-state index contributed by atoms with van der Waals surface area (Å²) in [5, 5.41) is 0. The molecule has 2 saturated carbocycles. The molecule has 3 aliphatic rings. The van der Waals surface area contributed by atoms with E-state index in [2.05, 4.69) is 0 Å². The summed E-state index contributed by atoms with van der Waals surface area (Å²) in [4.78, 5) is 23.0. The molecule has 76 valence electrons. The number of hydrogen-bond acceptors (Lipinski definition) is 4. The Bertz CT molecular complexity index is 309. The van der Waals surface area contributed by atoms with Gasteiger partial charge in [-0.15, -0.1) is 0 Å². The molecule has 0 aromatic heterocycles. The van der Waals surface area contributed by atoms with Crippen molar-refractivity contribution in [2.45, 2.75) is 18.9 Å². The maximum absolute atomic E-state index is 11.5. The average Bonchev–Trinajstić information content (AvgIpc) is 2.75. The van der Waals surface area contributed by atoms with Gasteiger partial charge in [0.2, 0.25) is 0 Å². The fraction of sp³-hybridized carbons (Fsp3) is 0.800. The zero-order chi connectivity index (χ0) is 9.87. The Labute approximate surface area is 81.6 Å². The zero-order valence-electron chi connectivity index (χ0n) is 7.93. The fourth-order valence-corrected chi connectivity index (χ4v) is 3.46. The molecule has 0 N–H and O–H groups in total. The molecular weight excluding hydrogens is 184 g/mol. The summed E-state index contributed by atoms with van der Waals surface area (Å²) >= 11 is 0. The van der Waals surface area contributed by atoms with Gasteiger partial charge in [0.1, 0.15) is 6.10 Å². The molecule has 0 aromatic carbocycles. The second kappa shape index (κ2) is 2.49. The molecule has 2 aliphatic carbocycles. The van der Waals surface area contributed by atoms with E-state index in [-0.39, 0.29) is 35.8 Å². The Balaban J connectivity index is 1.95. The van der Waals surface area contributed by atoms with Crippen molar-refractivity contribution in [2.75, 3.05) is 7.11 Å². The van der Waals surface area contributed by atoms with E-state index in [0.717, 1.165) is 12.8 Å². The number of rotatable bonds is 1. The number of methoxy groups -OCH3 is 1. The number of hydrogen-bond donors (Lipinski definition) is 0. The Morgan fingerprint density at radius 1 is 1.50 bits per heavy atom. The third kappa shape index (κ3) is 0.792. The van der Waals surface area contributed by atoms with Crippen molar-refractivity contribution < 1.29 is 19.1 Å². The zero-order valence-corrected chi connectivity index (χ0v) is 7.93. The molecule has 5 atom stereocenters. The lowest BCUT2D eigenvalue weighted by Crippen LogP contribution is -2.32. The second-order valence-corrected chi connectivity index (χ2v) is 4.45. The van der Waals surface area contributed by atoms with Gasteiger partial charge in [-0.05, 0) is 18.8 Å². The molecule has 3 rings (SSSR count). The molecule has 2 bridgehead atoms. The largest absolute Gasteiger partial charge is 0.469 e. The summed E-state index contributed by atoms with van der Waals surface area (Å²) in [5.74, 6) is -0.247. The van der Waals surface area contributed by atoms with Gasteiger partial charge in [-0.1, -0.05) is 0 Å². The lowest BCUT2D eigenvalue weighted by atomic mass is 9.80. The Kier molecular flexibility index (Phi) is 1.47. The van der Waals surface area contributed by atoms with Crippen LogP contribution in [0.1, 0.15) is 12.8 Å². The van der Waals surface area contributed by atoms with Crippen molar-refractivity contribution in [3.8, 4) is 0 Å². The predicted molar refractivity (Wildman–Crippen MR) is 45.1 cm³/mol. The van der Waals surface area contributed by atoms with Gasteiger partial charge in [0.05, 0.1) is 18.9 Å². The third-order valence-corrected chi connectivity index (χ3v) is 3.96. The molecule has 1 saturated heterocycles. The number of fused-ring (bicyclic) bond motifs is 1. The molecule has 14 heavy (non-hydrogen) atoms. The standard InChI is InChI=1S/C10H12O4/c1-13-9(11)7-4-2-5-6(3-4)14-10(12)8(5)7/h4-8H,2-3H2,1H3/t4-,5+,6+,7-,8+/m1/s1. The first-order valence-corrected chi connectivity index (χ1v) is 5.00. The first-order chi connectivity index (χ1) is 6.72. The monoisotopic (exact) mass is 196 g/mol. The van der Waals surface area contributed by atoms with Crippen LogP contribution in [0.4, 0.5) is 0 Å². The lowest BCUT2D eigenvalue weighted by molar-refractivity contribution is -0.153. The van der Waals surface area contributed by atoms with Gasteiger partial charge in [-0.3, -0.25) is 9.59 Å². The molecule has 1 aliphatic heterocycles. The highest BCUT2D eigenvalue weighted by Gasteiger charge is 2.64. The molecule has 1 heterocycles. The molecule has 0 spiro atoms.